The maximum absolute atomic E-state index is 6.33. The zero-order valence-corrected chi connectivity index (χ0v) is 14.1. The van der Waals surface area contributed by atoms with Crippen molar-refractivity contribution in [2.24, 2.45) is 0 Å². The van der Waals surface area contributed by atoms with Crippen LogP contribution in [0.1, 0.15) is 64.7 Å². The summed E-state index contributed by atoms with van der Waals surface area (Å²) in [5.41, 5.74) is 0.0319. The Balaban J connectivity index is 1.98. The first-order valence-corrected chi connectivity index (χ1v) is 8.70. The van der Waals surface area contributed by atoms with Gasteiger partial charge in [0, 0.05) is 3.57 Å². The highest BCUT2D eigenvalue weighted by atomic mass is 127. The van der Waals surface area contributed by atoms with Crippen molar-refractivity contribution in [3.8, 4) is 5.75 Å². The summed E-state index contributed by atoms with van der Waals surface area (Å²) in [5, 5.41) is 0. The molecule has 19 heavy (non-hydrogen) atoms. The van der Waals surface area contributed by atoms with Gasteiger partial charge in [0.1, 0.15) is 11.4 Å². The number of benzene rings is 1. The van der Waals surface area contributed by atoms with Gasteiger partial charge < -0.3 is 4.74 Å². The summed E-state index contributed by atoms with van der Waals surface area (Å²) < 4.78 is 7.59. The lowest BCUT2D eigenvalue weighted by molar-refractivity contribution is 0.0625. The van der Waals surface area contributed by atoms with E-state index < -0.39 is 0 Å². The van der Waals surface area contributed by atoms with Crippen molar-refractivity contribution >= 4 is 22.6 Å². The molecular weight excluding hydrogens is 347 g/mol. The van der Waals surface area contributed by atoms with Gasteiger partial charge in [0.05, 0.1) is 0 Å². The van der Waals surface area contributed by atoms with Crippen LogP contribution in [-0.4, -0.2) is 5.60 Å². The van der Waals surface area contributed by atoms with E-state index in [2.05, 4.69) is 53.8 Å². The molecule has 0 saturated heterocycles. The summed E-state index contributed by atoms with van der Waals surface area (Å²) in [5.74, 6) is 1.03. The van der Waals surface area contributed by atoms with Gasteiger partial charge in [-0.3, -0.25) is 0 Å². The zero-order valence-electron chi connectivity index (χ0n) is 12.0. The number of rotatable bonds is 2. The third kappa shape index (κ3) is 5.33. The summed E-state index contributed by atoms with van der Waals surface area (Å²) >= 11 is 2.34. The fourth-order valence-corrected chi connectivity index (χ4v) is 3.26. The molecule has 106 valence electrons. The first-order valence-electron chi connectivity index (χ1n) is 7.63. The lowest BCUT2D eigenvalue weighted by Gasteiger charge is -2.32. The Morgan fingerprint density at radius 2 is 1.32 bits per heavy atom. The Kier molecular flexibility index (Phi) is 5.99. The number of hydrogen-bond donors (Lipinski definition) is 0. The highest BCUT2D eigenvalue weighted by Gasteiger charge is 2.25. The third-order valence-electron chi connectivity index (χ3n) is 4.09. The van der Waals surface area contributed by atoms with Crippen molar-refractivity contribution in [1.29, 1.82) is 0 Å². The van der Waals surface area contributed by atoms with Crippen LogP contribution in [0.3, 0.4) is 0 Å². The topological polar surface area (TPSA) is 9.23 Å². The van der Waals surface area contributed by atoms with Crippen LogP contribution in [0.4, 0.5) is 0 Å². The Morgan fingerprint density at radius 1 is 0.842 bits per heavy atom. The standard InChI is InChI=1S/C17H25IO/c1-17(19-16-11-9-15(18)10-12-16)13-7-5-3-2-4-6-8-14-17/h9-12H,2-8,13-14H2,1H3. The first-order chi connectivity index (χ1) is 9.18. The van der Waals surface area contributed by atoms with Crippen molar-refractivity contribution in [2.45, 2.75) is 70.3 Å². The van der Waals surface area contributed by atoms with E-state index in [4.69, 9.17) is 4.74 Å². The Labute approximate surface area is 131 Å². The van der Waals surface area contributed by atoms with Crippen LogP contribution < -0.4 is 4.74 Å². The molecule has 1 aromatic carbocycles. The van der Waals surface area contributed by atoms with Crippen molar-refractivity contribution in [3.63, 3.8) is 0 Å². The average molecular weight is 372 g/mol. The van der Waals surface area contributed by atoms with Gasteiger partial charge in [0.25, 0.3) is 0 Å². The van der Waals surface area contributed by atoms with Crippen LogP contribution in [0, 0.1) is 3.57 Å². The zero-order chi connectivity index (χ0) is 13.6. The quantitative estimate of drug-likeness (QED) is 0.583. The van der Waals surface area contributed by atoms with Crippen molar-refractivity contribution < 1.29 is 4.74 Å². The number of ether oxygens (including phenoxy) is 1. The summed E-state index contributed by atoms with van der Waals surface area (Å²) in [6.45, 7) is 2.30. The van der Waals surface area contributed by atoms with Gasteiger partial charge in [-0.1, -0.05) is 32.1 Å². The van der Waals surface area contributed by atoms with Crippen LogP contribution in [0.15, 0.2) is 24.3 Å². The minimum Gasteiger partial charge on any atom is -0.488 e. The fraction of sp³-hybridized carbons (Fsp3) is 0.647. The molecule has 0 amide bonds. The van der Waals surface area contributed by atoms with E-state index in [1.165, 1.54) is 61.4 Å². The van der Waals surface area contributed by atoms with Crippen LogP contribution in [0.25, 0.3) is 0 Å². The summed E-state index contributed by atoms with van der Waals surface area (Å²) in [7, 11) is 0. The predicted molar refractivity (Wildman–Crippen MR) is 89.7 cm³/mol. The predicted octanol–water partition coefficient (Wildman–Crippen LogP) is 5.95. The Hall–Kier alpha value is -0.250. The molecule has 1 aliphatic rings. The molecule has 0 spiro atoms. The molecule has 2 heteroatoms. The molecule has 2 rings (SSSR count). The van der Waals surface area contributed by atoms with Gasteiger partial charge >= 0.3 is 0 Å². The highest BCUT2D eigenvalue weighted by molar-refractivity contribution is 14.1. The molecule has 1 aliphatic carbocycles. The lowest BCUT2D eigenvalue weighted by atomic mass is 9.89. The van der Waals surface area contributed by atoms with Gasteiger partial charge in [-0.05, 0) is 79.5 Å². The van der Waals surface area contributed by atoms with Crippen molar-refractivity contribution in [3.05, 3.63) is 27.8 Å². The monoisotopic (exact) mass is 372 g/mol. The highest BCUT2D eigenvalue weighted by Crippen LogP contribution is 2.30. The summed E-state index contributed by atoms with van der Waals surface area (Å²) in [6.07, 6.45) is 12.0. The minimum atomic E-state index is 0.0319. The van der Waals surface area contributed by atoms with Gasteiger partial charge in [0.15, 0.2) is 0 Å². The van der Waals surface area contributed by atoms with Crippen LogP contribution in [0.5, 0.6) is 5.75 Å². The molecule has 1 saturated carbocycles. The Morgan fingerprint density at radius 3 is 1.84 bits per heavy atom. The SMILES string of the molecule is CC1(Oc2ccc(I)cc2)CCCCCCCCC1. The molecule has 0 bridgehead atoms. The molecule has 0 aromatic heterocycles. The van der Waals surface area contributed by atoms with Gasteiger partial charge in [-0.25, -0.2) is 0 Å². The van der Waals surface area contributed by atoms with Crippen LogP contribution in [-0.2, 0) is 0 Å². The molecule has 0 aliphatic heterocycles. The molecule has 0 atom stereocenters. The maximum Gasteiger partial charge on any atom is 0.120 e. The molecular formula is C17H25IO. The molecule has 0 radical (unpaired) electrons. The average Bonchev–Trinajstić information content (AvgIpc) is 2.40. The van der Waals surface area contributed by atoms with E-state index in [1.807, 2.05) is 0 Å². The molecule has 0 unspecified atom stereocenters. The Bertz CT molecular complexity index is 361. The molecule has 1 aromatic rings. The second-order valence-corrected chi connectivity index (χ2v) is 7.23. The minimum absolute atomic E-state index is 0.0319. The van der Waals surface area contributed by atoms with Crippen molar-refractivity contribution in [2.75, 3.05) is 0 Å². The first kappa shape index (κ1) is 15.1. The second kappa shape index (κ2) is 7.51. The normalized spacial score (nSPS) is 20.7. The van der Waals surface area contributed by atoms with E-state index in [-0.39, 0.29) is 5.60 Å². The number of halogens is 1. The van der Waals surface area contributed by atoms with E-state index in [0.717, 1.165) is 5.75 Å². The lowest BCUT2D eigenvalue weighted by Crippen LogP contribution is -2.32. The van der Waals surface area contributed by atoms with Gasteiger partial charge in [-0.2, -0.15) is 0 Å². The van der Waals surface area contributed by atoms with E-state index >= 15 is 0 Å². The smallest absolute Gasteiger partial charge is 0.120 e. The summed E-state index contributed by atoms with van der Waals surface area (Å²) in [4.78, 5) is 0. The van der Waals surface area contributed by atoms with Crippen LogP contribution in [0.2, 0.25) is 0 Å². The molecule has 0 N–H and O–H groups in total. The van der Waals surface area contributed by atoms with Gasteiger partial charge in [-0.15, -0.1) is 0 Å². The van der Waals surface area contributed by atoms with E-state index in [9.17, 15) is 0 Å². The maximum atomic E-state index is 6.33. The number of hydrogen-bond acceptors (Lipinski definition) is 1. The largest absolute Gasteiger partial charge is 0.488 e. The second-order valence-electron chi connectivity index (χ2n) is 5.98. The van der Waals surface area contributed by atoms with E-state index in [1.54, 1.807) is 0 Å². The van der Waals surface area contributed by atoms with E-state index in [0.29, 0.717) is 0 Å². The molecule has 1 nitrogen and oxygen atoms in total. The molecule has 1 fully saturated rings. The summed E-state index contributed by atoms with van der Waals surface area (Å²) in [6, 6.07) is 8.46. The van der Waals surface area contributed by atoms with Gasteiger partial charge in [0.2, 0.25) is 0 Å². The van der Waals surface area contributed by atoms with Crippen LogP contribution >= 0.6 is 22.6 Å². The third-order valence-corrected chi connectivity index (χ3v) is 4.81. The fourth-order valence-electron chi connectivity index (χ4n) is 2.90. The van der Waals surface area contributed by atoms with Crippen molar-refractivity contribution in [1.82, 2.24) is 0 Å². The molecule has 0 heterocycles.